The maximum atomic E-state index is 2.30. The smallest absolute Gasteiger partial charge is 0.0246 e. The Labute approximate surface area is 76.8 Å². The van der Waals surface area contributed by atoms with Gasteiger partial charge in [0.05, 0.1) is 0 Å². The number of rotatable bonds is 3. The summed E-state index contributed by atoms with van der Waals surface area (Å²) in [5.41, 5.74) is 1.47. The molecule has 0 bridgehead atoms. The molecule has 1 rings (SSSR count). The minimum Gasteiger partial charge on any atom is -0.0817 e. The Morgan fingerprint density at radius 2 is 1.67 bits per heavy atom. The predicted molar refractivity (Wildman–Crippen MR) is 58.8 cm³/mol. The van der Waals surface area contributed by atoms with Gasteiger partial charge in [0.15, 0.2) is 0 Å². The zero-order chi connectivity index (χ0) is 8.97. The number of aryl methyl sites for hydroxylation is 1. The molecule has 1 heteroatoms. The lowest BCUT2D eigenvalue weighted by Gasteiger charge is -2.06. The fourth-order valence-electron chi connectivity index (χ4n) is 1.25. The zero-order valence-corrected chi connectivity index (χ0v) is 9.07. The molecule has 0 radical (unpaired) electrons. The topological polar surface area (TPSA) is 0 Å². The molecule has 1 aromatic carbocycles. The highest BCUT2D eigenvalue weighted by atomic mass is 31.1. The van der Waals surface area contributed by atoms with Crippen LogP contribution in [0.2, 0.25) is 0 Å². The molecule has 0 aliphatic rings. The molecular weight excluding hydrogens is 163 g/mol. The first kappa shape index (κ1) is 9.74. The van der Waals surface area contributed by atoms with Crippen LogP contribution in [0.25, 0.3) is 0 Å². The van der Waals surface area contributed by atoms with Gasteiger partial charge in [0.2, 0.25) is 0 Å². The second-order valence-electron chi connectivity index (χ2n) is 3.31. The van der Waals surface area contributed by atoms with E-state index in [2.05, 4.69) is 44.5 Å². The molecule has 0 heterocycles. The molecule has 0 N–H and O–H groups in total. The second-order valence-corrected chi connectivity index (χ2v) is 5.62. The minimum absolute atomic E-state index is 0.0828. The fraction of sp³-hybridized carbons (Fsp3) is 0.455. The Hall–Kier alpha value is -0.350. The van der Waals surface area contributed by atoms with Gasteiger partial charge in [0.1, 0.15) is 0 Å². The molecule has 0 saturated carbocycles. The van der Waals surface area contributed by atoms with E-state index in [4.69, 9.17) is 0 Å². The van der Waals surface area contributed by atoms with E-state index in [1.54, 1.807) is 0 Å². The van der Waals surface area contributed by atoms with Crippen LogP contribution < -0.4 is 5.30 Å². The van der Waals surface area contributed by atoms with Gasteiger partial charge in [-0.15, -0.1) is 0 Å². The first-order valence-corrected chi connectivity index (χ1v) is 6.74. The average molecular weight is 180 g/mol. The standard InChI is InChI=1S/C11H17P/c1-4-5-10-6-8-11(9-7-10)12(2)3/h6-9H,4-5H2,1-3H3. The summed E-state index contributed by atoms with van der Waals surface area (Å²) >= 11 is 0. The summed E-state index contributed by atoms with van der Waals surface area (Å²) in [5, 5.41) is 1.50. The third-order valence-corrected chi connectivity index (χ3v) is 3.32. The SMILES string of the molecule is CCCc1ccc(P(C)C)cc1. The van der Waals surface area contributed by atoms with E-state index in [1.165, 1.54) is 23.7 Å². The molecule has 0 nitrogen and oxygen atoms in total. The van der Waals surface area contributed by atoms with Gasteiger partial charge < -0.3 is 0 Å². The van der Waals surface area contributed by atoms with E-state index in [0.29, 0.717) is 0 Å². The normalized spacial score (nSPS) is 10.7. The lowest BCUT2D eigenvalue weighted by Crippen LogP contribution is -1.98. The van der Waals surface area contributed by atoms with E-state index in [1.807, 2.05) is 0 Å². The van der Waals surface area contributed by atoms with E-state index >= 15 is 0 Å². The number of hydrogen-bond donors (Lipinski definition) is 0. The summed E-state index contributed by atoms with van der Waals surface area (Å²) in [5.74, 6) is 0. The maximum absolute atomic E-state index is 2.30. The number of hydrogen-bond acceptors (Lipinski definition) is 0. The van der Waals surface area contributed by atoms with Gasteiger partial charge in [-0.2, -0.15) is 0 Å². The first-order valence-electron chi connectivity index (χ1n) is 4.50. The van der Waals surface area contributed by atoms with Gasteiger partial charge in [0.25, 0.3) is 0 Å². The largest absolute Gasteiger partial charge is 0.0817 e. The fourth-order valence-corrected chi connectivity index (χ4v) is 1.99. The molecule has 0 aliphatic carbocycles. The van der Waals surface area contributed by atoms with Crippen LogP contribution in [0, 0.1) is 0 Å². The third kappa shape index (κ3) is 2.60. The lowest BCUT2D eigenvalue weighted by molar-refractivity contribution is 0.922. The maximum Gasteiger partial charge on any atom is -0.0246 e. The van der Waals surface area contributed by atoms with Gasteiger partial charge >= 0.3 is 0 Å². The predicted octanol–water partition coefficient (Wildman–Crippen LogP) is 3.01. The molecule has 0 aromatic heterocycles. The van der Waals surface area contributed by atoms with E-state index in [9.17, 15) is 0 Å². The highest BCUT2D eigenvalue weighted by Gasteiger charge is 1.96. The van der Waals surface area contributed by atoms with E-state index in [-0.39, 0.29) is 7.92 Å². The van der Waals surface area contributed by atoms with Crippen LogP contribution in [0.15, 0.2) is 24.3 Å². The third-order valence-electron chi connectivity index (χ3n) is 1.99. The number of benzene rings is 1. The highest BCUT2D eigenvalue weighted by molar-refractivity contribution is 7.64. The van der Waals surface area contributed by atoms with Crippen molar-refractivity contribution in [3.63, 3.8) is 0 Å². The van der Waals surface area contributed by atoms with Crippen LogP contribution in [0.1, 0.15) is 18.9 Å². The highest BCUT2D eigenvalue weighted by Crippen LogP contribution is 2.23. The molecule has 0 unspecified atom stereocenters. The quantitative estimate of drug-likeness (QED) is 0.627. The van der Waals surface area contributed by atoms with Crippen molar-refractivity contribution in [1.82, 2.24) is 0 Å². The monoisotopic (exact) mass is 180 g/mol. The van der Waals surface area contributed by atoms with Crippen molar-refractivity contribution >= 4 is 13.2 Å². The van der Waals surface area contributed by atoms with Gasteiger partial charge in [-0.3, -0.25) is 0 Å². The van der Waals surface area contributed by atoms with E-state index in [0.717, 1.165) is 0 Å². The molecule has 1 aromatic rings. The Balaban J connectivity index is 2.71. The van der Waals surface area contributed by atoms with Crippen LogP contribution in [0.3, 0.4) is 0 Å². The van der Waals surface area contributed by atoms with Crippen molar-refractivity contribution in [1.29, 1.82) is 0 Å². The molecule has 66 valence electrons. The summed E-state index contributed by atoms with van der Waals surface area (Å²) in [4.78, 5) is 0. The van der Waals surface area contributed by atoms with Crippen molar-refractivity contribution < 1.29 is 0 Å². The van der Waals surface area contributed by atoms with Crippen molar-refractivity contribution in [2.24, 2.45) is 0 Å². The average Bonchev–Trinajstić information content (AvgIpc) is 2.06. The summed E-state index contributed by atoms with van der Waals surface area (Å²) < 4.78 is 0. The molecule has 0 spiro atoms. The Morgan fingerprint density at radius 3 is 2.08 bits per heavy atom. The van der Waals surface area contributed by atoms with Crippen LogP contribution in [-0.4, -0.2) is 13.3 Å². The van der Waals surface area contributed by atoms with Gasteiger partial charge in [0, 0.05) is 0 Å². The molecule has 0 amide bonds. The Bertz CT molecular complexity index is 223. The summed E-state index contributed by atoms with van der Waals surface area (Å²) in [6.45, 7) is 6.81. The van der Waals surface area contributed by atoms with Crippen LogP contribution in [0.5, 0.6) is 0 Å². The minimum atomic E-state index is 0.0828. The Kier molecular flexibility index (Phi) is 3.75. The van der Waals surface area contributed by atoms with Crippen molar-refractivity contribution in [3.05, 3.63) is 29.8 Å². The van der Waals surface area contributed by atoms with Gasteiger partial charge in [-0.05, 0) is 30.6 Å². The Morgan fingerprint density at radius 1 is 1.08 bits per heavy atom. The van der Waals surface area contributed by atoms with Crippen LogP contribution >= 0.6 is 7.92 Å². The molecule has 12 heavy (non-hydrogen) atoms. The second kappa shape index (κ2) is 4.62. The summed E-state index contributed by atoms with van der Waals surface area (Å²) in [6.07, 6.45) is 2.46. The molecule has 0 saturated heterocycles. The van der Waals surface area contributed by atoms with Crippen molar-refractivity contribution in [2.45, 2.75) is 19.8 Å². The zero-order valence-electron chi connectivity index (χ0n) is 8.17. The van der Waals surface area contributed by atoms with Crippen molar-refractivity contribution in [3.8, 4) is 0 Å². The van der Waals surface area contributed by atoms with Gasteiger partial charge in [-0.1, -0.05) is 45.5 Å². The van der Waals surface area contributed by atoms with E-state index < -0.39 is 0 Å². The van der Waals surface area contributed by atoms with Crippen molar-refractivity contribution in [2.75, 3.05) is 13.3 Å². The lowest BCUT2D eigenvalue weighted by atomic mass is 10.1. The van der Waals surface area contributed by atoms with Gasteiger partial charge in [-0.25, -0.2) is 0 Å². The molecular formula is C11H17P. The molecule has 0 atom stereocenters. The first-order chi connectivity index (χ1) is 5.74. The molecule has 0 aliphatic heterocycles. The van der Waals surface area contributed by atoms with Crippen LogP contribution in [-0.2, 0) is 6.42 Å². The molecule has 0 fully saturated rings. The summed E-state index contributed by atoms with van der Waals surface area (Å²) in [7, 11) is 0.0828. The van der Waals surface area contributed by atoms with Crippen LogP contribution in [0.4, 0.5) is 0 Å². The summed E-state index contributed by atoms with van der Waals surface area (Å²) in [6, 6.07) is 9.08.